The van der Waals surface area contributed by atoms with Crippen molar-refractivity contribution >= 4 is 28.3 Å². The molecular weight excluding hydrogens is 451 g/mol. The monoisotopic (exact) mass is 476 g/mol. The Morgan fingerprint density at radius 2 is 2.09 bits per heavy atom. The molecule has 1 aliphatic carbocycles. The molecule has 1 saturated heterocycles. The van der Waals surface area contributed by atoms with Crippen LogP contribution >= 0.6 is 0 Å². The number of carboxylic acids is 1. The summed E-state index contributed by atoms with van der Waals surface area (Å²) in [5, 5.41) is 17.8. The molecule has 1 unspecified atom stereocenters. The van der Waals surface area contributed by atoms with Crippen LogP contribution < -0.4 is 10.1 Å². The zero-order valence-corrected chi connectivity index (χ0v) is 19.3. The van der Waals surface area contributed by atoms with Gasteiger partial charge in [-0.2, -0.15) is 5.10 Å². The van der Waals surface area contributed by atoms with E-state index in [1.807, 2.05) is 31.2 Å². The minimum absolute atomic E-state index is 0.0526. The maximum atomic E-state index is 14.9. The summed E-state index contributed by atoms with van der Waals surface area (Å²) in [4.78, 5) is 23.0. The number of carbonyl (C=O) groups excluding carboxylic acids is 1. The first-order valence-corrected chi connectivity index (χ1v) is 11.8. The number of hydrogen-bond acceptors (Lipinski definition) is 4. The van der Waals surface area contributed by atoms with Gasteiger partial charge in [0, 0.05) is 42.6 Å². The number of carboxylic acid groups (broad SMARTS) is 1. The molecule has 1 atom stereocenters. The van der Waals surface area contributed by atoms with Crippen LogP contribution in [0.3, 0.4) is 0 Å². The molecular formula is C26H25FN4O4. The average Bonchev–Trinajstić information content (AvgIpc) is 3.28. The third-order valence-corrected chi connectivity index (χ3v) is 6.96. The number of aromatic nitrogens is 3. The van der Waals surface area contributed by atoms with Gasteiger partial charge in [-0.15, -0.1) is 0 Å². The first kappa shape index (κ1) is 21.6. The zero-order valence-electron chi connectivity index (χ0n) is 19.3. The van der Waals surface area contributed by atoms with E-state index in [1.54, 1.807) is 0 Å². The maximum Gasteiger partial charge on any atom is 0.337 e. The second-order valence-electron chi connectivity index (χ2n) is 9.61. The second-order valence-corrected chi connectivity index (χ2v) is 9.61. The molecule has 0 spiro atoms. The highest BCUT2D eigenvalue weighted by Gasteiger charge is 2.28. The predicted octanol–water partition coefficient (Wildman–Crippen LogP) is 4.03. The van der Waals surface area contributed by atoms with Crippen molar-refractivity contribution in [2.24, 2.45) is 11.8 Å². The van der Waals surface area contributed by atoms with E-state index in [1.165, 1.54) is 10.7 Å². The van der Waals surface area contributed by atoms with Crippen LogP contribution in [0, 0.1) is 24.6 Å². The molecule has 2 aliphatic rings. The number of ether oxygens (including phenoxy) is 1. The fourth-order valence-corrected chi connectivity index (χ4v) is 4.97. The fourth-order valence-electron chi connectivity index (χ4n) is 4.97. The molecule has 3 aromatic heterocycles. The molecule has 4 aromatic rings. The number of fused-ring (bicyclic) bond motifs is 2. The molecule has 2 fully saturated rings. The van der Waals surface area contributed by atoms with E-state index in [-0.39, 0.29) is 22.9 Å². The Bertz CT molecular complexity index is 1500. The average molecular weight is 477 g/mol. The van der Waals surface area contributed by atoms with Crippen LogP contribution in [0.25, 0.3) is 27.8 Å². The van der Waals surface area contributed by atoms with Gasteiger partial charge in [-0.1, -0.05) is 12.1 Å². The van der Waals surface area contributed by atoms with Crippen molar-refractivity contribution in [3.05, 3.63) is 53.5 Å². The van der Waals surface area contributed by atoms with Gasteiger partial charge in [-0.3, -0.25) is 4.79 Å². The fraction of sp³-hybridized carbons (Fsp3) is 0.346. The Kier molecular flexibility index (Phi) is 5.01. The van der Waals surface area contributed by atoms with Crippen LogP contribution in [0.1, 0.15) is 35.2 Å². The summed E-state index contributed by atoms with van der Waals surface area (Å²) in [5.74, 6) is -0.330. The molecule has 1 saturated carbocycles. The second kappa shape index (κ2) is 8.11. The summed E-state index contributed by atoms with van der Waals surface area (Å²) < 4.78 is 24.6. The summed E-state index contributed by atoms with van der Waals surface area (Å²) in [6, 6.07) is 8.97. The molecule has 2 N–H and O–H groups in total. The van der Waals surface area contributed by atoms with Crippen molar-refractivity contribution < 1.29 is 23.8 Å². The number of halogens is 1. The molecule has 9 heteroatoms. The number of rotatable bonds is 7. The normalized spacial score (nSPS) is 17.9. The van der Waals surface area contributed by atoms with Crippen LogP contribution in [0.15, 0.2) is 36.5 Å². The largest absolute Gasteiger partial charge is 0.491 e. The Hall–Kier alpha value is -3.88. The summed E-state index contributed by atoms with van der Waals surface area (Å²) >= 11 is 0. The van der Waals surface area contributed by atoms with Gasteiger partial charge < -0.3 is 19.7 Å². The summed E-state index contributed by atoms with van der Waals surface area (Å²) in [5.41, 5.74) is 3.17. The molecule has 0 bridgehead atoms. The molecule has 8 nitrogen and oxygen atoms in total. The standard InChI is InChI=1S/C26H25FN4O4/c1-14-23(29-31-12-18(26(33)34)8-19(27)24(14)31)20-9-17-3-2-4-21(25(17)30(20)11-15-5-6-15)35-13-16-7-22(32)28-10-16/h2-4,8-9,12,15-16H,5-7,10-11,13H2,1H3,(H,28,32)(H,33,34). The molecule has 0 radical (unpaired) electrons. The van der Waals surface area contributed by atoms with E-state index in [0.717, 1.165) is 47.8 Å². The van der Waals surface area contributed by atoms with Crippen molar-refractivity contribution in [2.45, 2.75) is 32.7 Å². The van der Waals surface area contributed by atoms with Crippen LogP contribution in [0.4, 0.5) is 4.39 Å². The first-order chi connectivity index (χ1) is 16.9. The number of aryl methyl sites for hydroxylation is 1. The topological polar surface area (TPSA) is 97.9 Å². The lowest BCUT2D eigenvalue weighted by atomic mass is 10.1. The lowest BCUT2D eigenvalue weighted by Gasteiger charge is -2.15. The van der Waals surface area contributed by atoms with Crippen molar-refractivity contribution in [1.82, 2.24) is 19.5 Å². The summed E-state index contributed by atoms with van der Waals surface area (Å²) in [6.07, 6.45) is 4.11. The number of nitrogens with one attached hydrogen (secondary N) is 1. The van der Waals surface area contributed by atoms with Gasteiger partial charge in [-0.25, -0.2) is 13.7 Å². The number of aromatic carboxylic acids is 1. The lowest BCUT2D eigenvalue weighted by molar-refractivity contribution is -0.119. The van der Waals surface area contributed by atoms with Gasteiger partial charge in [0.25, 0.3) is 0 Å². The molecule has 1 aliphatic heterocycles. The van der Waals surface area contributed by atoms with E-state index in [0.29, 0.717) is 36.7 Å². The highest BCUT2D eigenvalue weighted by molar-refractivity contribution is 5.92. The highest BCUT2D eigenvalue weighted by atomic mass is 19.1. The van der Waals surface area contributed by atoms with Gasteiger partial charge in [0.05, 0.1) is 23.4 Å². The maximum absolute atomic E-state index is 14.9. The van der Waals surface area contributed by atoms with E-state index in [9.17, 15) is 19.1 Å². The van der Waals surface area contributed by atoms with Crippen LogP contribution in [0.2, 0.25) is 0 Å². The number of carbonyl (C=O) groups is 2. The van der Waals surface area contributed by atoms with Crippen molar-refractivity contribution in [2.75, 3.05) is 13.2 Å². The smallest absolute Gasteiger partial charge is 0.337 e. The Morgan fingerprint density at radius 1 is 1.26 bits per heavy atom. The van der Waals surface area contributed by atoms with Crippen LogP contribution in [-0.2, 0) is 11.3 Å². The van der Waals surface area contributed by atoms with Crippen molar-refractivity contribution in [3.63, 3.8) is 0 Å². The molecule has 35 heavy (non-hydrogen) atoms. The van der Waals surface area contributed by atoms with Crippen LogP contribution in [-0.4, -0.2) is 44.3 Å². The highest BCUT2D eigenvalue weighted by Crippen LogP contribution is 2.40. The summed E-state index contributed by atoms with van der Waals surface area (Å²) in [6.45, 7) is 3.66. The predicted molar refractivity (Wildman–Crippen MR) is 127 cm³/mol. The lowest BCUT2D eigenvalue weighted by Crippen LogP contribution is -2.17. The number of para-hydroxylation sites is 1. The van der Waals surface area contributed by atoms with E-state index in [2.05, 4.69) is 15.0 Å². The quantitative estimate of drug-likeness (QED) is 0.420. The molecule has 1 aromatic carbocycles. The van der Waals surface area contributed by atoms with Crippen molar-refractivity contribution in [1.29, 1.82) is 0 Å². The third kappa shape index (κ3) is 3.80. The molecule has 180 valence electrons. The van der Waals surface area contributed by atoms with Crippen LogP contribution in [0.5, 0.6) is 5.75 Å². The number of nitrogens with zero attached hydrogens (tertiary/aromatic N) is 3. The minimum Gasteiger partial charge on any atom is -0.491 e. The zero-order chi connectivity index (χ0) is 24.3. The minimum atomic E-state index is -1.20. The molecule has 6 rings (SSSR count). The van der Waals surface area contributed by atoms with E-state index >= 15 is 0 Å². The number of pyridine rings is 1. The Labute approximate surface area is 200 Å². The Morgan fingerprint density at radius 3 is 2.80 bits per heavy atom. The first-order valence-electron chi connectivity index (χ1n) is 11.8. The molecule has 4 heterocycles. The van der Waals surface area contributed by atoms with Gasteiger partial charge in [0.2, 0.25) is 5.91 Å². The van der Waals surface area contributed by atoms with Gasteiger partial charge in [0.15, 0.2) is 0 Å². The third-order valence-electron chi connectivity index (χ3n) is 6.96. The number of hydrogen-bond donors (Lipinski definition) is 2. The SMILES string of the molecule is Cc1c(-c2cc3cccc(OCC4CNC(=O)C4)c3n2CC2CC2)nn2cc(C(=O)O)cc(F)c12. The number of benzene rings is 1. The Balaban J connectivity index is 1.47. The molecule has 1 amide bonds. The van der Waals surface area contributed by atoms with Gasteiger partial charge >= 0.3 is 5.97 Å². The van der Waals surface area contributed by atoms with E-state index in [4.69, 9.17) is 4.74 Å². The van der Waals surface area contributed by atoms with Gasteiger partial charge in [-0.05, 0) is 43.9 Å². The summed E-state index contributed by atoms with van der Waals surface area (Å²) in [7, 11) is 0. The van der Waals surface area contributed by atoms with Crippen molar-refractivity contribution in [3.8, 4) is 17.1 Å². The van der Waals surface area contributed by atoms with E-state index < -0.39 is 11.8 Å². The number of amides is 1. The van der Waals surface area contributed by atoms with Gasteiger partial charge in [0.1, 0.15) is 22.8 Å².